The number of aryl methyl sites for hydroxylation is 1. The molecule has 1 aromatic heterocycles. The Balaban J connectivity index is 1.78. The van der Waals surface area contributed by atoms with Crippen molar-refractivity contribution in [1.29, 1.82) is 0 Å². The van der Waals surface area contributed by atoms with Crippen LogP contribution in [0.1, 0.15) is 23.3 Å². The van der Waals surface area contributed by atoms with Gasteiger partial charge in [-0.15, -0.1) is 0 Å². The van der Waals surface area contributed by atoms with E-state index in [0.29, 0.717) is 22.7 Å². The van der Waals surface area contributed by atoms with Gasteiger partial charge in [0.05, 0.1) is 11.2 Å². The zero-order chi connectivity index (χ0) is 12.7. The molecule has 2 aliphatic rings. The highest BCUT2D eigenvalue weighted by atomic mass is 35.5. The molecule has 1 aromatic rings. The minimum atomic E-state index is -0.00352. The van der Waals surface area contributed by atoms with Gasteiger partial charge in [0.25, 0.3) is 5.91 Å². The fourth-order valence-corrected chi connectivity index (χ4v) is 3.26. The molecule has 3 rings (SSSR count). The van der Waals surface area contributed by atoms with Crippen molar-refractivity contribution in [3.8, 4) is 0 Å². The molecule has 18 heavy (non-hydrogen) atoms. The number of hydrogen-bond donors (Lipinski definition) is 1. The van der Waals surface area contributed by atoms with E-state index in [4.69, 9.17) is 11.6 Å². The van der Waals surface area contributed by atoms with Crippen LogP contribution in [0, 0.1) is 5.92 Å². The van der Waals surface area contributed by atoms with Crippen LogP contribution < -0.4 is 5.32 Å². The monoisotopic (exact) mass is 268 g/mol. The van der Waals surface area contributed by atoms with Gasteiger partial charge in [0.1, 0.15) is 5.69 Å². The van der Waals surface area contributed by atoms with Gasteiger partial charge in [-0.2, -0.15) is 5.10 Å². The molecule has 0 aliphatic carbocycles. The molecule has 0 aromatic carbocycles. The smallest absolute Gasteiger partial charge is 0.273 e. The second kappa shape index (κ2) is 4.55. The normalized spacial score (nSPS) is 27.3. The molecule has 3 heterocycles. The Morgan fingerprint density at radius 1 is 1.56 bits per heavy atom. The van der Waals surface area contributed by atoms with Crippen LogP contribution >= 0.6 is 11.6 Å². The number of nitrogens with zero attached hydrogens (tertiary/aromatic N) is 3. The first-order chi connectivity index (χ1) is 8.66. The molecular formula is C12H17ClN4O. The highest BCUT2D eigenvalue weighted by molar-refractivity contribution is 6.33. The number of halogens is 1. The van der Waals surface area contributed by atoms with Crippen LogP contribution in [-0.2, 0) is 7.05 Å². The van der Waals surface area contributed by atoms with Gasteiger partial charge in [-0.3, -0.25) is 9.48 Å². The zero-order valence-electron chi connectivity index (χ0n) is 10.4. The highest BCUT2D eigenvalue weighted by Crippen LogP contribution is 2.27. The Labute approximate surface area is 111 Å². The van der Waals surface area contributed by atoms with Crippen molar-refractivity contribution in [2.75, 3.05) is 19.6 Å². The summed E-state index contributed by atoms with van der Waals surface area (Å²) in [5.74, 6) is 0.589. The zero-order valence-corrected chi connectivity index (χ0v) is 11.2. The summed E-state index contributed by atoms with van der Waals surface area (Å²) in [6.07, 6.45) is 3.94. The van der Waals surface area contributed by atoms with E-state index in [1.54, 1.807) is 11.7 Å². The molecule has 1 amide bonds. The van der Waals surface area contributed by atoms with Crippen molar-refractivity contribution in [1.82, 2.24) is 20.0 Å². The summed E-state index contributed by atoms with van der Waals surface area (Å²) in [5.41, 5.74) is 0.496. The molecule has 0 unspecified atom stereocenters. The van der Waals surface area contributed by atoms with Gasteiger partial charge in [0, 0.05) is 26.2 Å². The second-order valence-electron chi connectivity index (χ2n) is 5.14. The van der Waals surface area contributed by atoms with Crippen LogP contribution in [0.25, 0.3) is 0 Å². The maximum Gasteiger partial charge on any atom is 0.273 e. The molecule has 0 bridgehead atoms. The third kappa shape index (κ3) is 1.91. The predicted octanol–water partition coefficient (Wildman–Crippen LogP) is 0.897. The summed E-state index contributed by atoms with van der Waals surface area (Å²) in [7, 11) is 1.75. The minimum absolute atomic E-state index is 0.00352. The van der Waals surface area contributed by atoms with E-state index in [9.17, 15) is 4.79 Å². The number of rotatable bonds is 1. The Morgan fingerprint density at radius 3 is 3.06 bits per heavy atom. The Morgan fingerprint density at radius 2 is 2.39 bits per heavy atom. The summed E-state index contributed by atoms with van der Waals surface area (Å²) < 4.78 is 1.56. The van der Waals surface area contributed by atoms with Gasteiger partial charge in [-0.25, -0.2) is 0 Å². The topological polar surface area (TPSA) is 50.2 Å². The molecular weight excluding hydrogens is 252 g/mol. The maximum atomic E-state index is 12.4. The summed E-state index contributed by atoms with van der Waals surface area (Å²) in [4.78, 5) is 14.3. The number of nitrogens with one attached hydrogen (secondary N) is 1. The molecule has 0 saturated carbocycles. The van der Waals surface area contributed by atoms with E-state index in [1.807, 2.05) is 4.90 Å². The van der Waals surface area contributed by atoms with Crippen LogP contribution in [-0.4, -0.2) is 46.3 Å². The first-order valence-corrected chi connectivity index (χ1v) is 6.75. The van der Waals surface area contributed by atoms with Gasteiger partial charge >= 0.3 is 0 Å². The Bertz CT molecular complexity index is 439. The van der Waals surface area contributed by atoms with Crippen molar-refractivity contribution >= 4 is 17.5 Å². The molecule has 1 N–H and O–H groups in total. The molecule has 2 aliphatic heterocycles. The molecule has 5 nitrogen and oxygen atoms in total. The first-order valence-electron chi connectivity index (χ1n) is 6.37. The van der Waals surface area contributed by atoms with Crippen molar-refractivity contribution < 1.29 is 4.79 Å². The quantitative estimate of drug-likeness (QED) is 0.823. The molecule has 0 spiro atoms. The SMILES string of the molecule is Cn1ncc(Cl)c1C(=O)N1C[C@@H]2CCCN[C@@H]2C1. The lowest BCUT2D eigenvalue weighted by Gasteiger charge is -2.24. The fourth-order valence-electron chi connectivity index (χ4n) is 3.01. The predicted molar refractivity (Wildman–Crippen MR) is 68.6 cm³/mol. The third-order valence-electron chi connectivity index (χ3n) is 3.98. The Kier molecular flexibility index (Phi) is 3.03. The molecule has 2 fully saturated rings. The van der Waals surface area contributed by atoms with Crippen molar-refractivity contribution in [3.05, 3.63) is 16.9 Å². The number of likely N-dealkylation sites (tertiary alicyclic amines) is 1. The van der Waals surface area contributed by atoms with Crippen LogP contribution in [0.3, 0.4) is 0 Å². The van der Waals surface area contributed by atoms with Crippen LogP contribution in [0.4, 0.5) is 0 Å². The molecule has 2 saturated heterocycles. The average molecular weight is 269 g/mol. The van der Waals surface area contributed by atoms with Crippen LogP contribution in [0.15, 0.2) is 6.20 Å². The van der Waals surface area contributed by atoms with E-state index in [-0.39, 0.29) is 5.91 Å². The summed E-state index contributed by atoms with van der Waals surface area (Å²) in [5, 5.41) is 7.95. The number of piperidine rings is 1. The van der Waals surface area contributed by atoms with E-state index >= 15 is 0 Å². The minimum Gasteiger partial charge on any atom is -0.335 e. The average Bonchev–Trinajstić information content (AvgIpc) is 2.92. The maximum absolute atomic E-state index is 12.4. The number of aromatic nitrogens is 2. The van der Waals surface area contributed by atoms with Gasteiger partial charge in [0.2, 0.25) is 0 Å². The van der Waals surface area contributed by atoms with Crippen molar-refractivity contribution in [2.45, 2.75) is 18.9 Å². The van der Waals surface area contributed by atoms with E-state index < -0.39 is 0 Å². The second-order valence-corrected chi connectivity index (χ2v) is 5.54. The number of carbonyl (C=O) groups excluding carboxylic acids is 1. The van der Waals surface area contributed by atoms with E-state index in [2.05, 4.69) is 10.4 Å². The standard InChI is InChI=1S/C12H17ClN4O/c1-16-11(9(13)5-15-16)12(18)17-6-8-3-2-4-14-10(8)7-17/h5,8,10,14H,2-4,6-7H2,1H3/t8-,10+/m0/s1. The van der Waals surface area contributed by atoms with Gasteiger partial charge < -0.3 is 10.2 Å². The first kappa shape index (κ1) is 12.0. The van der Waals surface area contributed by atoms with Crippen LogP contribution in [0.5, 0.6) is 0 Å². The largest absolute Gasteiger partial charge is 0.335 e. The summed E-state index contributed by atoms with van der Waals surface area (Å²) in [6.45, 7) is 2.68. The third-order valence-corrected chi connectivity index (χ3v) is 4.26. The highest BCUT2D eigenvalue weighted by Gasteiger charge is 2.37. The summed E-state index contributed by atoms with van der Waals surface area (Å²) in [6, 6.07) is 0.453. The number of fused-ring (bicyclic) bond motifs is 1. The fraction of sp³-hybridized carbons (Fsp3) is 0.667. The van der Waals surface area contributed by atoms with Crippen molar-refractivity contribution in [2.24, 2.45) is 13.0 Å². The van der Waals surface area contributed by atoms with E-state index in [1.165, 1.54) is 19.0 Å². The van der Waals surface area contributed by atoms with Gasteiger partial charge in [-0.05, 0) is 25.3 Å². The van der Waals surface area contributed by atoms with Crippen molar-refractivity contribution in [3.63, 3.8) is 0 Å². The number of carbonyl (C=O) groups is 1. The van der Waals surface area contributed by atoms with Gasteiger partial charge in [-0.1, -0.05) is 11.6 Å². The lowest BCUT2D eigenvalue weighted by molar-refractivity contribution is 0.0775. The van der Waals surface area contributed by atoms with E-state index in [0.717, 1.165) is 19.6 Å². The Hall–Kier alpha value is -1.07. The number of hydrogen-bond acceptors (Lipinski definition) is 3. The molecule has 98 valence electrons. The lowest BCUT2D eigenvalue weighted by atomic mass is 9.94. The number of amides is 1. The van der Waals surface area contributed by atoms with Crippen LogP contribution in [0.2, 0.25) is 5.02 Å². The summed E-state index contributed by atoms with van der Waals surface area (Å²) >= 11 is 6.02. The molecule has 6 heteroatoms. The lowest BCUT2D eigenvalue weighted by Crippen LogP contribution is -2.41. The van der Waals surface area contributed by atoms with Gasteiger partial charge in [0.15, 0.2) is 0 Å². The molecule has 0 radical (unpaired) electrons. The molecule has 2 atom stereocenters.